The van der Waals surface area contributed by atoms with Gasteiger partial charge in [0.2, 0.25) is 0 Å². The molecule has 3 rings (SSSR count). The minimum Gasteiger partial charge on any atom is -0.461 e. The zero-order valence-electron chi connectivity index (χ0n) is 15.6. The first-order valence-corrected chi connectivity index (χ1v) is 9.41. The Bertz CT molecular complexity index is 1100. The molecule has 0 fully saturated rings. The quantitative estimate of drug-likeness (QED) is 0.637. The average Bonchev–Trinajstić information content (AvgIpc) is 3.06. The maximum Gasteiger partial charge on any atom is 0.359 e. The second-order valence-electron chi connectivity index (χ2n) is 5.96. The van der Waals surface area contributed by atoms with Crippen LogP contribution in [0, 0.1) is 6.92 Å². The van der Waals surface area contributed by atoms with Gasteiger partial charge in [-0.1, -0.05) is 12.1 Å². The van der Waals surface area contributed by atoms with Gasteiger partial charge in [-0.05, 0) is 31.5 Å². The van der Waals surface area contributed by atoms with Crippen molar-refractivity contribution >= 4 is 39.0 Å². The van der Waals surface area contributed by atoms with Crippen LogP contribution in [0.3, 0.4) is 0 Å². The van der Waals surface area contributed by atoms with Crippen molar-refractivity contribution in [3.8, 4) is 5.69 Å². The van der Waals surface area contributed by atoms with E-state index in [0.717, 1.165) is 21.6 Å². The van der Waals surface area contributed by atoms with Crippen LogP contribution in [0.15, 0.2) is 34.4 Å². The lowest BCUT2D eigenvalue weighted by atomic mass is 10.2. The van der Waals surface area contributed by atoms with Gasteiger partial charge in [0.25, 0.3) is 11.5 Å². The molecular weight excluding hydrogens is 382 g/mol. The third-order valence-electron chi connectivity index (χ3n) is 3.90. The molecule has 0 bridgehead atoms. The molecule has 0 aliphatic rings. The van der Waals surface area contributed by atoms with Gasteiger partial charge in [0.15, 0.2) is 5.69 Å². The predicted octanol–water partition coefficient (Wildman–Crippen LogP) is 2.52. The molecule has 0 unspecified atom stereocenters. The molecule has 2 aromatic heterocycles. The smallest absolute Gasteiger partial charge is 0.359 e. The van der Waals surface area contributed by atoms with E-state index < -0.39 is 17.4 Å². The number of amides is 1. The van der Waals surface area contributed by atoms with E-state index in [2.05, 4.69) is 10.4 Å². The molecule has 0 saturated heterocycles. The summed E-state index contributed by atoms with van der Waals surface area (Å²) in [6.07, 6.45) is 0. The van der Waals surface area contributed by atoms with Crippen molar-refractivity contribution in [2.75, 3.05) is 25.6 Å². The van der Waals surface area contributed by atoms with E-state index in [1.807, 2.05) is 13.0 Å². The molecule has 0 aliphatic carbocycles. The van der Waals surface area contributed by atoms with Crippen LogP contribution < -0.4 is 10.9 Å². The summed E-state index contributed by atoms with van der Waals surface area (Å²) in [5, 5.41) is 9.40. The van der Waals surface area contributed by atoms with Gasteiger partial charge < -0.3 is 14.8 Å². The predicted molar refractivity (Wildman–Crippen MR) is 106 cm³/mol. The number of carbonyl (C=O) groups is 2. The highest BCUT2D eigenvalue weighted by Gasteiger charge is 2.23. The van der Waals surface area contributed by atoms with E-state index in [9.17, 15) is 14.4 Å². The van der Waals surface area contributed by atoms with Crippen molar-refractivity contribution in [1.29, 1.82) is 0 Å². The largest absolute Gasteiger partial charge is 0.461 e. The van der Waals surface area contributed by atoms with Crippen LogP contribution in [-0.2, 0) is 14.3 Å². The molecule has 0 saturated carbocycles. The lowest BCUT2D eigenvalue weighted by Crippen LogP contribution is -2.26. The number of ether oxygens (including phenoxy) is 2. The van der Waals surface area contributed by atoms with Gasteiger partial charge in [0, 0.05) is 17.9 Å². The number of hydrogen-bond donors (Lipinski definition) is 1. The highest BCUT2D eigenvalue weighted by atomic mass is 32.1. The van der Waals surface area contributed by atoms with Gasteiger partial charge in [0.05, 0.1) is 17.7 Å². The van der Waals surface area contributed by atoms with Gasteiger partial charge in [-0.2, -0.15) is 9.78 Å². The zero-order chi connectivity index (χ0) is 20.3. The molecule has 1 aromatic carbocycles. The van der Waals surface area contributed by atoms with Crippen molar-refractivity contribution in [2.45, 2.75) is 13.8 Å². The molecule has 0 spiro atoms. The van der Waals surface area contributed by atoms with Crippen LogP contribution in [0.25, 0.3) is 16.5 Å². The summed E-state index contributed by atoms with van der Waals surface area (Å²) in [7, 11) is 1.40. The maximum atomic E-state index is 13.2. The standard InChI is InChI=1S/C19H19N3O5S/c1-4-27-19(25)16-13-10-28-17(20-14(23)9-26-3)15(13)18(24)22(21-16)12-7-5-6-11(2)8-12/h5-8,10H,4,9H2,1-3H3,(H,20,23). The molecule has 0 atom stereocenters. The van der Waals surface area contributed by atoms with Crippen LogP contribution in [0.5, 0.6) is 0 Å². The second-order valence-corrected chi connectivity index (χ2v) is 6.84. The fourth-order valence-corrected chi connectivity index (χ4v) is 3.67. The van der Waals surface area contributed by atoms with Gasteiger partial charge >= 0.3 is 5.97 Å². The molecule has 2 heterocycles. The third kappa shape index (κ3) is 3.80. The van der Waals surface area contributed by atoms with E-state index in [4.69, 9.17) is 9.47 Å². The molecule has 8 nitrogen and oxygen atoms in total. The van der Waals surface area contributed by atoms with Crippen LogP contribution in [0.4, 0.5) is 5.00 Å². The van der Waals surface area contributed by atoms with Crippen LogP contribution in [0.2, 0.25) is 0 Å². The number of hydrogen-bond acceptors (Lipinski definition) is 7. The molecule has 28 heavy (non-hydrogen) atoms. The SMILES string of the molecule is CCOC(=O)c1nn(-c2cccc(C)c2)c(=O)c2c(NC(=O)COC)scc12. The number of nitrogens with one attached hydrogen (secondary N) is 1. The number of carbonyl (C=O) groups excluding carboxylic acids is 2. The van der Waals surface area contributed by atoms with E-state index in [-0.39, 0.29) is 24.3 Å². The molecular formula is C19H19N3O5S. The fraction of sp³-hybridized carbons (Fsp3) is 0.263. The lowest BCUT2D eigenvalue weighted by molar-refractivity contribution is -0.119. The highest BCUT2D eigenvalue weighted by molar-refractivity contribution is 7.16. The molecule has 0 radical (unpaired) electrons. The first kappa shape index (κ1) is 19.7. The van der Waals surface area contributed by atoms with Crippen molar-refractivity contribution in [3.05, 3.63) is 51.3 Å². The van der Waals surface area contributed by atoms with E-state index in [1.54, 1.807) is 30.5 Å². The van der Waals surface area contributed by atoms with Crippen molar-refractivity contribution in [2.24, 2.45) is 0 Å². The van der Waals surface area contributed by atoms with E-state index in [0.29, 0.717) is 16.1 Å². The Kier molecular flexibility index (Phi) is 5.86. The van der Waals surface area contributed by atoms with Crippen LogP contribution >= 0.6 is 11.3 Å². The number of thiophene rings is 1. The van der Waals surface area contributed by atoms with Crippen LogP contribution in [0.1, 0.15) is 23.0 Å². The molecule has 1 N–H and O–H groups in total. The van der Waals surface area contributed by atoms with Crippen molar-refractivity contribution in [1.82, 2.24) is 9.78 Å². The highest BCUT2D eigenvalue weighted by Crippen LogP contribution is 2.30. The van der Waals surface area contributed by atoms with E-state index in [1.165, 1.54) is 7.11 Å². The summed E-state index contributed by atoms with van der Waals surface area (Å²) in [5.74, 6) is -1.04. The Morgan fingerprint density at radius 1 is 1.32 bits per heavy atom. The Labute approximate surface area is 164 Å². The topological polar surface area (TPSA) is 99.5 Å². The van der Waals surface area contributed by atoms with Gasteiger partial charge in [-0.3, -0.25) is 9.59 Å². The Morgan fingerprint density at radius 3 is 2.79 bits per heavy atom. The first-order valence-electron chi connectivity index (χ1n) is 8.53. The number of aromatic nitrogens is 2. The second kappa shape index (κ2) is 8.32. The number of esters is 1. The summed E-state index contributed by atoms with van der Waals surface area (Å²) >= 11 is 1.14. The van der Waals surface area contributed by atoms with Crippen LogP contribution in [-0.4, -0.2) is 42.0 Å². The molecule has 0 aliphatic heterocycles. The number of methoxy groups -OCH3 is 1. The Hall–Kier alpha value is -3.04. The van der Waals surface area contributed by atoms with E-state index >= 15 is 0 Å². The summed E-state index contributed by atoms with van der Waals surface area (Å²) in [6.45, 7) is 3.60. The molecule has 1 amide bonds. The van der Waals surface area contributed by atoms with Crippen molar-refractivity contribution < 1.29 is 19.1 Å². The average molecular weight is 401 g/mol. The van der Waals surface area contributed by atoms with Gasteiger partial charge in [-0.15, -0.1) is 11.3 Å². The normalized spacial score (nSPS) is 10.8. The Morgan fingerprint density at radius 2 is 2.11 bits per heavy atom. The third-order valence-corrected chi connectivity index (χ3v) is 4.79. The Balaban J connectivity index is 2.26. The summed E-state index contributed by atoms with van der Waals surface area (Å²) in [4.78, 5) is 37.6. The monoisotopic (exact) mass is 401 g/mol. The summed E-state index contributed by atoms with van der Waals surface area (Å²) in [6, 6.07) is 7.19. The lowest BCUT2D eigenvalue weighted by Gasteiger charge is -2.10. The summed E-state index contributed by atoms with van der Waals surface area (Å²) in [5.41, 5.74) is 1.02. The van der Waals surface area contributed by atoms with Gasteiger partial charge in [-0.25, -0.2) is 4.79 Å². The number of nitrogens with zero attached hydrogens (tertiary/aromatic N) is 2. The minimum absolute atomic E-state index is 0.0152. The summed E-state index contributed by atoms with van der Waals surface area (Å²) < 4.78 is 11.1. The fourth-order valence-electron chi connectivity index (χ4n) is 2.72. The molecule has 3 aromatic rings. The van der Waals surface area contributed by atoms with Crippen molar-refractivity contribution in [3.63, 3.8) is 0 Å². The number of fused-ring (bicyclic) bond motifs is 1. The molecule has 146 valence electrons. The molecule has 9 heteroatoms. The number of anilines is 1. The number of benzene rings is 1. The number of rotatable bonds is 6. The van der Waals surface area contributed by atoms with Gasteiger partial charge in [0.1, 0.15) is 11.6 Å². The zero-order valence-corrected chi connectivity index (χ0v) is 16.5. The minimum atomic E-state index is -0.638. The number of aryl methyl sites for hydroxylation is 1. The first-order chi connectivity index (χ1) is 13.5. The maximum absolute atomic E-state index is 13.2.